The second kappa shape index (κ2) is 6.75. The zero-order valence-electron chi connectivity index (χ0n) is 11.1. The van der Waals surface area contributed by atoms with Crippen LogP contribution in [-0.4, -0.2) is 0 Å². The molecule has 2 aromatic rings. The Kier molecular flexibility index (Phi) is 4.75. The van der Waals surface area contributed by atoms with Crippen molar-refractivity contribution in [3.05, 3.63) is 71.0 Å². The number of rotatable bonds is 3. The predicted molar refractivity (Wildman–Crippen MR) is 77.4 cm³/mol. The quantitative estimate of drug-likeness (QED) is 0.702. The Labute approximate surface area is 114 Å². The first-order valence-corrected chi connectivity index (χ1v) is 6.64. The van der Waals surface area contributed by atoms with Gasteiger partial charge in [-0.15, -0.1) is 0 Å². The second-order valence-electron chi connectivity index (χ2n) is 4.56. The normalized spacial score (nSPS) is 9.79. The minimum Gasteiger partial charge on any atom is -0.207 e. The lowest BCUT2D eigenvalue weighted by atomic mass is 10.1. The van der Waals surface area contributed by atoms with Gasteiger partial charge in [-0.2, -0.15) is 0 Å². The Morgan fingerprint density at radius 1 is 0.947 bits per heavy atom. The third-order valence-corrected chi connectivity index (χ3v) is 2.92. The van der Waals surface area contributed by atoms with Crippen molar-refractivity contribution in [1.82, 2.24) is 0 Å². The molecule has 0 spiro atoms. The van der Waals surface area contributed by atoms with Crippen LogP contribution in [0.25, 0.3) is 0 Å². The molecule has 0 N–H and O–H groups in total. The average molecular weight is 252 g/mol. The summed E-state index contributed by atoms with van der Waals surface area (Å²) >= 11 is 0. The van der Waals surface area contributed by atoms with Crippen molar-refractivity contribution >= 4 is 0 Å². The lowest BCUT2D eigenvalue weighted by Gasteiger charge is -1.99. The predicted octanol–water partition coefficient (Wildman–Crippen LogP) is 4.57. The Morgan fingerprint density at radius 3 is 2.32 bits per heavy atom. The minimum absolute atomic E-state index is 0.247. The third-order valence-electron chi connectivity index (χ3n) is 2.92. The molecule has 0 nitrogen and oxygen atoms in total. The summed E-state index contributed by atoms with van der Waals surface area (Å²) in [5.74, 6) is 5.84. The SMILES string of the molecule is CCCCc1cccc(C#Cc2cccc(F)c2)c1. The lowest BCUT2D eigenvalue weighted by molar-refractivity contribution is 0.627. The minimum atomic E-state index is -0.247. The highest BCUT2D eigenvalue weighted by molar-refractivity contribution is 5.43. The van der Waals surface area contributed by atoms with Crippen LogP contribution in [0.3, 0.4) is 0 Å². The summed E-state index contributed by atoms with van der Waals surface area (Å²) in [4.78, 5) is 0. The molecule has 96 valence electrons. The van der Waals surface area contributed by atoms with Crippen molar-refractivity contribution in [2.24, 2.45) is 0 Å². The topological polar surface area (TPSA) is 0 Å². The molecule has 1 heteroatoms. The van der Waals surface area contributed by atoms with Gasteiger partial charge in [0.1, 0.15) is 5.82 Å². The van der Waals surface area contributed by atoms with Gasteiger partial charge in [-0.3, -0.25) is 0 Å². The van der Waals surface area contributed by atoms with E-state index in [0.717, 1.165) is 12.0 Å². The molecular weight excluding hydrogens is 235 g/mol. The molecule has 0 atom stereocenters. The number of halogens is 1. The van der Waals surface area contributed by atoms with Crippen molar-refractivity contribution in [2.75, 3.05) is 0 Å². The molecule has 0 saturated carbocycles. The average Bonchev–Trinajstić information content (AvgIpc) is 2.43. The maximum Gasteiger partial charge on any atom is 0.124 e. The standard InChI is InChI=1S/C18H17F/c1-2-3-6-15-7-4-8-16(13-15)11-12-17-9-5-10-18(19)14-17/h4-5,7-10,13-14H,2-3,6H2,1H3. The highest BCUT2D eigenvalue weighted by Gasteiger charge is 1.94. The summed E-state index contributed by atoms with van der Waals surface area (Å²) in [6, 6.07) is 14.6. The Bertz CT molecular complexity index is 602. The van der Waals surface area contributed by atoms with Crippen molar-refractivity contribution < 1.29 is 4.39 Å². The molecule has 2 rings (SSSR count). The Balaban J connectivity index is 2.15. The summed E-state index contributed by atoms with van der Waals surface area (Å²) in [5, 5.41) is 0. The first kappa shape index (κ1) is 13.4. The fourth-order valence-corrected chi connectivity index (χ4v) is 1.90. The number of aryl methyl sites for hydroxylation is 1. The van der Waals surface area contributed by atoms with Gasteiger partial charge in [0.2, 0.25) is 0 Å². The zero-order chi connectivity index (χ0) is 13.5. The van der Waals surface area contributed by atoms with E-state index in [2.05, 4.69) is 30.9 Å². The number of hydrogen-bond donors (Lipinski definition) is 0. The molecule has 0 aliphatic carbocycles. The summed E-state index contributed by atoms with van der Waals surface area (Å²) in [7, 11) is 0. The molecule has 0 aromatic heterocycles. The third kappa shape index (κ3) is 4.26. The van der Waals surface area contributed by atoms with Crippen LogP contribution in [0, 0.1) is 17.7 Å². The van der Waals surface area contributed by atoms with Crippen LogP contribution in [-0.2, 0) is 6.42 Å². The molecule has 0 aliphatic rings. The van der Waals surface area contributed by atoms with E-state index in [9.17, 15) is 4.39 Å². The van der Waals surface area contributed by atoms with Gasteiger partial charge in [0, 0.05) is 11.1 Å². The molecule has 19 heavy (non-hydrogen) atoms. The molecule has 0 amide bonds. The lowest BCUT2D eigenvalue weighted by Crippen LogP contribution is -1.85. The largest absolute Gasteiger partial charge is 0.207 e. The monoisotopic (exact) mass is 252 g/mol. The van der Waals surface area contributed by atoms with E-state index in [0.29, 0.717) is 5.56 Å². The summed E-state index contributed by atoms with van der Waals surface area (Å²) in [5.41, 5.74) is 3.00. The van der Waals surface area contributed by atoms with Crippen molar-refractivity contribution in [1.29, 1.82) is 0 Å². The second-order valence-corrected chi connectivity index (χ2v) is 4.56. The van der Waals surface area contributed by atoms with E-state index in [4.69, 9.17) is 0 Å². The molecule has 0 unspecified atom stereocenters. The fourth-order valence-electron chi connectivity index (χ4n) is 1.90. The number of unbranched alkanes of at least 4 members (excludes halogenated alkanes) is 1. The molecule has 0 saturated heterocycles. The van der Waals surface area contributed by atoms with Gasteiger partial charge >= 0.3 is 0 Å². The summed E-state index contributed by atoms with van der Waals surface area (Å²) < 4.78 is 13.0. The summed E-state index contributed by atoms with van der Waals surface area (Å²) in [6.07, 6.45) is 3.48. The molecule has 0 fully saturated rings. The molecule has 2 aromatic carbocycles. The van der Waals surface area contributed by atoms with Gasteiger partial charge in [0.15, 0.2) is 0 Å². The maximum absolute atomic E-state index is 13.0. The highest BCUT2D eigenvalue weighted by atomic mass is 19.1. The van der Waals surface area contributed by atoms with E-state index in [1.807, 2.05) is 18.2 Å². The van der Waals surface area contributed by atoms with Crippen LogP contribution >= 0.6 is 0 Å². The van der Waals surface area contributed by atoms with Crippen LogP contribution in [0.2, 0.25) is 0 Å². The molecule has 0 aliphatic heterocycles. The van der Waals surface area contributed by atoms with Gasteiger partial charge in [-0.25, -0.2) is 4.39 Å². The van der Waals surface area contributed by atoms with E-state index < -0.39 is 0 Å². The van der Waals surface area contributed by atoms with Gasteiger partial charge in [0.05, 0.1) is 0 Å². The fraction of sp³-hybridized carbons (Fsp3) is 0.222. The Hall–Kier alpha value is -2.07. The van der Waals surface area contributed by atoms with Crippen LogP contribution in [0.4, 0.5) is 4.39 Å². The van der Waals surface area contributed by atoms with Crippen LogP contribution < -0.4 is 0 Å². The van der Waals surface area contributed by atoms with E-state index in [-0.39, 0.29) is 5.82 Å². The van der Waals surface area contributed by atoms with Crippen LogP contribution in [0.15, 0.2) is 48.5 Å². The van der Waals surface area contributed by atoms with Gasteiger partial charge in [-0.05, 0) is 48.7 Å². The molecular formula is C18H17F. The molecule has 0 heterocycles. The Morgan fingerprint density at radius 2 is 1.63 bits per heavy atom. The molecule has 0 radical (unpaired) electrons. The van der Waals surface area contributed by atoms with Crippen molar-refractivity contribution in [3.8, 4) is 11.8 Å². The number of benzene rings is 2. The van der Waals surface area contributed by atoms with Crippen molar-refractivity contribution in [2.45, 2.75) is 26.2 Å². The highest BCUT2D eigenvalue weighted by Crippen LogP contribution is 2.08. The smallest absolute Gasteiger partial charge is 0.124 e. The van der Waals surface area contributed by atoms with Crippen LogP contribution in [0.1, 0.15) is 36.5 Å². The molecule has 0 bridgehead atoms. The maximum atomic E-state index is 13.0. The van der Waals surface area contributed by atoms with Gasteiger partial charge < -0.3 is 0 Å². The zero-order valence-corrected chi connectivity index (χ0v) is 11.1. The van der Waals surface area contributed by atoms with E-state index in [1.165, 1.54) is 30.5 Å². The summed E-state index contributed by atoms with van der Waals surface area (Å²) in [6.45, 7) is 2.19. The first-order valence-electron chi connectivity index (χ1n) is 6.64. The first-order chi connectivity index (χ1) is 9.28. The van der Waals surface area contributed by atoms with Gasteiger partial charge in [-0.1, -0.05) is 43.4 Å². The number of hydrogen-bond acceptors (Lipinski definition) is 0. The van der Waals surface area contributed by atoms with E-state index >= 15 is 0 Å². The van der Waals surface area contributed by atoms with Crippen LogP contribution in [0.5, 0.6) is 0 Å². The van der Waals surface area contributed by atoms with E-state index in [1.54, 1.807) is 6.07 Å². The van der Waals surface area contributed by atoms with Crippen molar-refractivity contribution in [3.63, 3.8) is 0 Å². The van der Waals surface area contributed by atoms with Gasteiger partial charge in [0.25, 0.3) is 0 Å².